The Kier molecular flexibility index (Phi) is 1.92. The first-order valence-electron chi connectivity index (χ1n) is 5.70. The number of nitrogens with zero attached hydrogens (tertiary/aromatic N) is 1. The van der Waals surface area contributed by atoms with Gasteiger partial charge in [-0.1, -0.05) is 0 Å². The SMILES string of the molecule is O=C1CN2C3CCC1CC2CC(O)C3. The monoisotopic (exact) mass is 195 g/mol. The van der Waals surface area contributed by atoms with Gasteiger partial charge in [0.25, 0.3) is 0 Å². The zero-order valence-electron chi connectivity index (χ0n) is 8.35. The molecule has 0 aromatic rings. The van der Waals surface area contributed by atoms with Gasteiger partial charge in [0.1, 0.15) is 5.78 Å². The number of aliphatic hydroxyl groups is 1. The van der Waals surface area contributed by atoms with Crippen LogP contribution in [0.5, 0.6) is 0 Å². The maximum atomic E-state index is 11.7. The number of hydrogen-bond donors (Lipinski definition) is 1. The summed E-state index contributed by atoms with van der Waals surface area (Å²) in [5, 5.41) is 9.72. The van der Waals surface area contributed by atoms with Crippen molar-refractivity contribution in [3.05, 3.63) is 0 Å². The second-order valence-electron chi connectivity index (χ2n) is 5.08. The predicted molar refractivity (Wildman–Crippen MR) is 51.9 cm³/mol. The van der Waals surface area contributed by atoms with E-state index in [4.69, 9.17) is 0 Å². The number of hydrogen-bond acceptors (Lipinski definition) is 3. The van der Waals surface area contributed by atoms with E-state index in [1.54, 1.807) is 0 Å². The van der Waals surface area contributed by atoms with Crippen LogP contribution in [0.2, 0.25) is 0 Å². The van der Waals surface area contributed by atoms with Crippen LogP contribution in [-0.2, 0) is 4.79 Å². The Hall–Kier alpha value is -0.410. The molecule has 4 aliphatic heterocycles. The highest BCUT2D eigenvalue weighted by Gasteiger charge is 2.44. The second-order valence-corrected chi connectivity index (χ2v) is 5.08. The van der Waals surface area contributed by atoms with Gasteiger partial charge in [-0.2, -0.15) is 0 Å². The van der Waals surface area contributed by atoms with E-state index in [-0.39, 0.29) is 6.10 Å². The van der Waals surface area contributed by atoms with Crippen molar-refractivity contribution < 1.29 is 9.90 Å². The molecule has 4 bridgehead atoms. The van der Waals surface area contributed by atoms with E-state index in [0.717, 1.165) is 32.1 Å². The molecule has 4 saturated heterocycles. The van der Waals surface area contributed by atoms with Crippen LogP contribution in [-0.4, -0.2) is 40.5 Å². The minimum absolute atomic E-state index is 0.117. The van der Waals surface area contributed by atoms with E-state index in [2.05, 4.69) is 4.90 Å². The molecule has 0 spiro atoms. The fourth-order valence-corrected chi connectivity index (χ4v) is 3.51. The molecular formula is C11H17NO2. The molecule has 0 aromatic heterocycles. The van der Waals surface area contributed by atoms with Crippen molar-refractivity contribution >= 4 is 5.78 Å². The fraction of sp³-hybridized carbons (Fsp3) is 0.909. The standard InChI is InChI=1S/C11H17NO2/c13-10-4-8-2-1-7-3-9(5-10)12(8)6-11(7)14/h7-10,13H,1-6H2. The summed E-state index contributed by atoms with van der Waals surface area (Å²) in [6.07, 6.45) is 4.84. The third-order valence-corrected chi connectivity index (χ3v) is 4.23. The topological polar surface area (TPSA) is 40.5 Å². The Bertz CT molecular complexity index is 258. The summed E-state index contributed by atoms with van der Waals surface area (Å²) in [5.41, 5.74) is 0. The van der Waals surface area contributed by atoms with Gasteiger partial charge >= 0.3 is 0 Å². The van der Waals surface area contributed by atoms with E-state index < -0.39 is 0 Å². The molecule has 0 amide bonds. The summed E-state index contributed by atoms with van der Waals surface area (Å²) >= 11 is 0. The Labute approximate surface area is 84.1 Å². The third kappa shape index (κ3) is 1.22. The summed E-state index contributed by atoms with van der Waals surface area (Å²) < 4.78 is 0. The van der Waals surface area contributed by atoms with E-state index >= 15 is 0 Å². The van der Waals surface area contributed by atoms with Gasteiger partial charge in [-0.15, -0.1) is 0 Å². The summed E-state index contributed by atoms with van der Waals surface area (Å²) in [6.45, 7) is 0.659. The van der Waals surface area contributed by atoms with Crippen molar-refractivity contribution in [2.45, 2.75) is 50.3 Å². The first-order valence-corrected chi connectivity index (χ1v) is 5.70. The smallest absolute Gasteiger partial charge is 0.149 e. The van der Waals surface area contributed by atoms with Gasteiger partial charge in [-0.05, 0) is 32.1 Å². The predicted octanol–water partition coefficient (Wildman–Crippen LogP) is 0.563. The molecule has 4 fully saturated rings. The van der Waals surface area contributed by atoms with Gasteiger partial charge < -0.3 is 5.11 Å². The van der Waals surface area contributed by atoms with Gasteiger partial charge in [-0.25, -0.2) is 0 Å². The molecule has 0 aliphatic carbocycles. The van der Waals surface area contributed by atoms with Crippen molar-refractivity contribution in [3.8, 4) is 0 Å². The zero-order valence-corrected chi connectivity index (χ0v) is 8.35. The maximum Gasteiger partial charge on any atom is 0.149 e. The fourth-order valence-electron chi connectivity index (χ4n) is 3.51. The zero-order chi connectivity index (χ0) is 9.71. The molecule has 0 aromatic carbocycles. The Morgan fingerprint density at radius 1 is 1.14 bits per heavy atom. The average molecular weight is 195 g/mol. The van der Waals surface area contributed by atoms with Crippen LogP contribution in [0.25, 0.3) is 0 Å². The van der Waals surface area contributed by atoms with E-state index in [9.17, 15) is 9.90 Å². The van der Waals surface area contributed by atoms with Gasteiger partial charge in [0.15, 0.2) is 0 Å². The first-order chi connectivity index (χ1) is 6.74. The molecule has 4 heterocycles. The van der Waals surface area contributed by atoms with Crippen LogP contribution in [0.4, 0.5) is 0 Å². The minimum Gasteiger partial charge on any atom is -0.393 e. The molecular weight excluding hydrogens is 178 g/mol. The third-order valence-electron chi connectivity index (χ3n) is 4.23. The number of carbonyl (C=O) groups is 1. The van der Waals surface area contributed by atoms with Crippen molar-refractivity contribution in [3.63, 3.8) is 0 Å². The Morgan fingerprint density at radius 3 is 2.79 bits per heavy atom. The van der Waals surface area contributed by atoms with Crippen molar-refractivity contribution in [2.75, 3.05) is 6.54 Å². The maximum absolute atomic E-state index is 11.7. The van der Waals surface area contributed by atoms with E-state index in [1.165, 1.54) is 0 Å². The molecule has 0 saturated carbocycles. The Morgan fingerprint density at radius 2 is 1.93 bits per heavy atom. The van der Waals surface area contributed by atoms with Crippen LogP contribution in [0, 0.1) is 5.92 Å². The largest absolute Gasteiger partial charge is 0.393 e. The second kappa shape index (κ2) is 3.04. The molecule has 78 valence electrons. The lowest BCUT2D eigenvalue weighted by Crippen LogP contribution is -2.54. The number of ketones is 1. The highest BCUT2D eigenvalue weighted by Crippen LogP contribution is 2.39. The molecule has 5 unspecified atom stereocenters. The van der Waals surface area contributed by atoms with Gasteiger partial charge in [0.2, 0.25) is 0 Å². The summed E-state index contributed by atoms with van der Waals surface area (Å²) in [5.74, 6) is 0.756. The highest BCUT2D eigenvalue weighted by atomic mass is 16.3. The van der Waals surface area contributed by atoms with Crippen LogP contribution in [0.3, 0.4) is 0 Å². The van der Waals surface area contributed by atoms with Crippen LogP contribution >= 0.6 is 0 Å². The number of Topliss-reactive ketones (excluding diaryl/α,β-unsaturated/α-hetero) is 1. The molecule has 1 N–H and O–H groups in total. The van der Waals surface area contributed by atoms with Crippen molar-refractivity contribution in [1.29, 1.82) is 0 Å². The molecule has 14 heavy (non-hydrogen) atoms. The number of rotatable bonds is 0. The van der Waals surface area contributed by atoms with Crippen LogP contribution < -0.4 is 0 Å². The van der Waals surface area contributed by atoms with Crippen LogP contribution in [0.1, 0.15) is 32.1 Å². The average Bonchev–Trinajstić information content (AvgIpc) is 2.35. The number of fused-ring (bicyclic) bond motifs is 2. The first kappa shape index (κ1) is 8.86. The number of carbonyl (C=O) groups excluding carboxylic acids is 1. The van der Waals surface area contributed by atoms with Gasteiger partial charge in [-0.3, -0.25) is 9.69 Å². The van der Waals surface area contributed by atoms with Crippen LogP contribution in [0.15, 0.2) is 0 Å². The summed E-state index contributed by atoms with van der Waals surface area (Å²) in [6, 6.07) is 0.981. The normalized spacial score (nSPS) is 51.8. The minimum atomic E-state index is -0.117. The van der Waals surface area contributed by atoms with E-state index in [1.807, 2.05) is 0 Å². The molecule has 5 atom stereocenters. The molecule has 4 rings (SSSR count). The lowest BCUT2D eigenvalue weighted by Gasteiger charge is -2.44. The van der Waals surface area contributed by atoms with Gasteiger partial charge in [0, 0.05) is 18.0 Å². The summed E-state index contributed by atoms with van der Waals surface area (Å²) in [4.78, 5) is 14.0. The number of piperidine rings is 2. The molecule has 0 radical (unpaired) electrons. The Balaban J connectivity index is 1.90. The quantitative estimate of drug-likeness (QED) is 0.614. The molecule has 3 nitrogen and oxygen atoms in total. The van der Waals surface area contributed by atoms with E-state index in [0.29, 0.717) is 30.3 Å². The number of aliphatic hydroxyl groups excluding tert-OH is 1. The lowest BCUT2D eigenvalue weighted by atomic mass is 9.85. The van der Waals surface area contributed by atoms with Gasteiger partial charge in [0.05, 0.1) is 12.6 Å². The van der Waals surface area contributed by atoms with Crippen molar-refractivity contribution in [2.24, 2.45) is 5.92 Å². The lowest BCUT2D eigenvalue weighted by molar-refractivity contribution is -0.130. The molecule has 3 heteroatoms. The van der Waals surface area contributed by atoms with Crippen molar-refractivity contribution in [1.82, 2.24) is 4.90 Å². The summed E-state index contributed by atoms with van der Waals surface area (Å²) in [7, 11) is 0. The molecule has 4 aliphatic rings. The highest BCUT2D eigenvalue weighted by molar-refractivity contribution is 5.84.